The third-order valence-electron chi connectivity index (χ3n) is 4.36. The first kappa shape index (κ1) is 22.0. The first-order valence-corrected chi connectivity index (χ1v) is 11.8. The molecule has 1 unspecified atom stereocenters. The molecule has 6 nitrogen and oxygen atoms in total. The molecule has 0 fully saturated rings. The minimum absolute atomic E-state index is 0.181. The number of anilines is 1. The van der Waals surface area contributed by atoms with Crippen molar-refractivity contribution in [3.63, 3.8) is 0 Å². The van der Waals surface area contributed by atoms with Gasteiger partial charge in [0.2, 0.25) is 5.91 Å². The maximum absolute atomic E-state index is 12.7. The van der Waals surface area contributed by atoms with E-state index in [0.29, 0.717) is 18.0 Å². The zero-order chi connectivity index (χ0) is 21.6. The average molecular weight is 445 g/mol. The lowest BCUT2D eigenvalue weighted by Gasteiger charge is -2.21. The molecule has 8 heteroatoms. The fraction of sp³-hybridized carbons (Fsp3) is 0.227. The van der Waals surface area contributed by atoms with Gasteiger partial charge in [0.15, 0.2) is 0 Å². The smallest absolute Gasteiger partial charge is 0.250 e. The van der Waals surface area contributed by atoms with Crippen molar-refractivity contribution in [2.45, 2.75) is 30.7 Å². The van der Waals surface area contributed by atoms with Gasteiger partial charge < -0.3 is 10.1 Å². The van der Waals surface area contributed by atoms with Crippen LogP contribution in [0.25, 0.3) is 0 Å². The minimum atomic E-state index is -3.75. The molecule has 3 rings (SSSR count). The molecule has 1 amide bonds. The average Bonchev–Trinajstić information content (AvgIpc) is 3.28. The Morgan fingerprint density at radius 3 is 2.30 bits per heavy atom. The maximum Gasteiger partial charge on any atom is 0.250 e. The summed E-state index contributed by atoms with van der Waals surface area (Å²) in [6.07, 6.45) is 0. The zero-order valence-electron chi connectivity index (χ0n) is 16.7. The van der Waals surface area contributed by atoms with Gasteiger partial charge in [0, 0.05) is 5.69 Å². The van der Waals surface area contributed by atoms with E-state index in [1.165, 1.54) is 6.07 Å². The first-order chi connectivity index (χ1) is 14.3. The second-order valence-electron chi connectivity index (χ2n) is 7.06. The number of thiophene rings is 1. The summed E-state index contributed by atoms with van der Waals surface area (Å²) in [4.78, 5) is 12.7. The molecule has 0 saturated carbocycles. The van der Waals surface area contributed by atoms with Crippen molar-refractivity contribution in [1.29, 1.82) is 0 Å². The van der Waals surface area contributed by atoms with Gasteiger partial charge in [-0.3, -0.25) is 4.79 Å². The van der Waals surface area contributed by atoms with Crippen molar-refractivity contribution >= 4 is 33.0 Å². The lowest BCUT2D eigenvalue weighted by atomic mass is 10.0. The molecule has 30 heavy (non-hydrogen) atoms. The maximum atomic E-state index is 12.7. The summed E-state index contributed by atoms with van der Waals surface area (Å²) in [5.41, 5.74) is 1.63. The van der Waals surface area contributed by atoms with Gasteiger partial charge in [-0.05, 0) is 47.2 Å². The number of ether oxygens (including phenoxy) is 1. The summed E-state index contributed by atoms with van der Waals surface area (Å²) in [5.74, 6) is 0.0342. The van der Waals surface area contributed by atoms with Gasteiger partial charge in [0.25, 0.3) is 10.0 Å². The molecular weight excluding hydrogens is 420 g/mol. The van der Waals surface area contributed by atoms with Gasteiger partial charge in [0.1, 0.15) is 22.6 Å². The van der Waals surface area contributed by atoms with E-state index < -0.39 is 22.0 Å². The highest BCUT2D eigenvalue weighted by molar-refractivity contribution is 7.91. The van der Waals surface area contributed by atoms with Crippen molar-refractivity contribution in [3.05, 3.63) is 77.7 Å². The van der Waals surface area contributed by atoms with Crippen molar-refractivity contribution in [1.82, 2.24) is 4.72 Å². The third kappa shape index (κ3) is 5.91. The Morgan fingerprint density at radius 2 is 1.70 bits per heavy atom. The molecule has 0 bridgehead atoms. The SMILES string of the molecule is CC(C)C(NS(=O)(=O)c1cccs1)C(=O)Nc1ccc(OCc2ccccc2)cc1. The summed E-state index contributed by atoms with van der Waals surface area (Å²) < 4.78 is 33.4. The number of nitrogens with one attached hydrogen (secondary N) is 2. The van der Waals surface area contributed by atoms with E-state index >= 15 is 0 Å². The summed E-state index contributed by atoms with van der Waals surface area (Å²) in [7, 11) is -3.75. The summed E-state index contributed by atoms with van der Waals surface area (Å²) in [5, 5.41) is 4.46. The molecule has 0 aliphatic heterocycles. The number of carbonyl (C=O) groups is 1. The van der Waals surface area contributed by atoms with E-state index in [1.807, 2.05) is 30.3 Å². The number of hydrogen-bond donors (Lipinski definition) is 2. The van der Waals surface area contributed by atoms with Gasteiger partial charge in [-0.15, -0.1) is 11.3 Å². The molecule has 0 saturated heterocycles. The van der Waals surface area contributed by atoms with E-state index in [9.17, 15) is 13.2 Å². The topological polar surface area (TPSA) is 84.5 Å². The first-order valence-electron chi connectivity index (χ1n) is 9.48. The molecule has 158 valence electrons. The Kier molecular flexibility index (Phi) is 7.25. The molecule has 2 N–H and O–H groups in total. The van der Waals surface area contributed by atoms with Gasteiger partial charge in [-0.2, -0.15) is 4.72 Å². The van der Waals surface area contributed by atoms with E-state index in [0.717, 1.165) is 16.9 Å². The summed E-state index contributed by atoms with van der Waals surface area (Å²) in [6, 6.07) is 19.1. The minimum Gasteiger partial charge on any atom is -0.489 e. The second-order valence-corrected chi connectivity index (χ2v) is 9.95. The van der Waals surface area contributed by atoms with Gasteiger partial charge in [-0.1, -0.05) is 50.2 Å². The van der Waals surface area contributed by atoms with Crippen molar-refractivity contribution in [2.75, 3.05) is 5.32 Å². The van der Waals surface area contributed by atoms with Gasteiger partial charge in [0.05, 0.1) is 0 Å². The lowest BCUT2D eigenvalue weighted by molar-refractivity contribution is -0.118. The van der Waals surface area contributed by atoms with Crippen LogP contribution in [0.1, 0.15) is 19.4 Å². The standard InChI is InChI=1S/C22H24N2O4S2/c1-16(2)21(24-30(26,27)20-9-6-14-29-20)22(25)23-18-10-12-19(13-11-18)28-15-17-7-4-3-5-8-17/h3-14,16,21,24H,15H2,1-2H3,(H,23,25). The lowest BCUT2D eigenvalue weighted by Crippen LogP contribution is -2.46. The molecule has 0 aliphatic rings. The highest BCUT2D eigenvalue weighted by Crippen LogP contribution is 2.20. The van der Waals surface area contributed by atoms with Crippen molar-refractivity contribution in [3.8, 4) is 5.75 Å². The fourth-order valence-corrected chi connectivity index (χ4v) is 5.08. The van der Waals surface area contributed by atoms with Gasteiger partial charge >= 0.3 is 0 Å². The number of hydrogen-bond acceptors (Lipinski definition) is 5. The second kappa shape index (κ2) is 9.88. The van der Waals surface area contributed by atoms with E-state index in [2.05, 4.69) is 10.0 Å². The number of benzene rings is 2. The molecule has 1 atom stereocenters. The van der Waals surface area contributed by atoms with Crippen LogP contribution in [0.4, 0.5) is 5.69 Å². The predicted octanol–water partition coefficient (Wildman–Crippen LogP) is 4.27. The Balaban J connectivity index is 1.61. The molecule has 1 aromatic heterocycles. The summed E-state index contributed by atoms with van der Waals surface area (Å²) >= 11 is 1.11. The van der Waals surface area contributed by atoms with Crippen molar-refractivity contribution < 1.29 is 17.9 Å². The van der Waals surface area contributed by atoms with E-state index in [-0.39, 0.29) is 10.1 Å². The van der Waals surface area contributed by atoms with Crippen LogP contribution in [0.15, 0.2) is 76.3 Å². The monoisotopic (exact) mass is 444 g/mol. The van der Waals surface area contributed by atoms with Crippen LogP contribution in [0.3, 0.4) is 0 Å². The Labute approximate surface area is 181 Å². The van der Waals surface area contributed by atoms with Crippen LogP contribution in [0.2, 0.25) is 0 Å². The Bertz CT molecular complexity index is 1050. The number of amides is 1. The molecular formula is C22H24N2O4S2. The zero-order valence-corrected chi connectivity index (χ0v) is 18.4. The fourth-order valence-electron chi connectivity index (χ4n) is 2.73. The number of carbonyl (C=O) groups excluding carboxylic acids is 1. The van der Waals surface area contributed by atoms with E-state index in [1.54, 1.807) is 49.6 Å². The molecule has 1 heterocycles. The van der Waals surface area contributed by atoms with Crippen LogP contribution in [-0.2, 0) is 21.4 Å². The predicted molar refractivity (Wildman–Crippen MR) is 119 cm³/mol. The highest BCUT2D eigenvalue weighted by atomic mass is 32.2. The molecule has 3 aromatic rings. The number of rotatable bonds is 9. The molecule has 2 aromatic carbocycles. The highest BCUT2D eigenvalue weighted by Gasteiger charge is 2.28. The Hall–Kier alpha value is -2.68. The van der Waals surface area contributed by atoms with Crippen LogP contribution in [-0.4, -0.2) is 20.4 Å². The Morgan fingerprint density at radius 1 is 1.00 bits per heavy atom. The van der Waals surface area contributed by atoms with Crippen LogP contribution < -0.4 is 14.8 Å². The largest absolute Gasteiger partial charge is 0.489 e. The van der Waals surface area contributed by atoms with E-state index in [4.69, 9.17) is 4.74 Å². The molecule has 0 aliphatic carbocycles. The van der Waals surface area contributed by atoms with Crippen LogP contribution in [0.5, 0.6) is 5.75 Å². The van der Waals surface area contributed by atoms with Crippen molar-refractivity contribution in [2.24, 2.45) is 5.92 Å². The van der Waals surface area contributed by atoms with Crippen LogP contribution >= 0.6 is 11.3 Å². The quantitative estimate of drug-likeness (QED) is 0.516. The normalized spacial score (nSPS) is 12.5. The molecule has 0 spiro atoms. The third-order valence-corrected chi connectivity index (χ3v) is 7.20. The molecule has 0 radical (unpaired) electrons. The number of sulfonamides is 1. The van der Waals surface area contributed by atoms with Gasteiger partial charge in [-0.25, -0.2) is 8.42 Å². The summed E-state index contributed by atoms with van der Waals surface area (Å²) in [6.45, 7) is 4.04. The van der Waals surface area contributed by atoms with Crippen LogP contribution in [0, 0.1) is 5.92 Å².